The van der Waals surface area contributed by atoms with Gasteiger partial charge in [-0.2, -0.15) is 0 Å². The van der Waals surface area contributed by atoms with Crippen LogP contribution in [0.25, 0.3) is 0 Å². The van der Waals surface area contributed by atoms with Crippen LogP contribution in [0.5, 0.6) is 0 Å². The highest BCUT2D eigenvalue weighted by atomic mass is 35.5. The number of ether oxygens (including phenoxy) is 1. The summed E-state index contributed by atoms with van der Waals surface area (Å²) in [5, 5.41) is -0.545. The zero-order valence-electron chi connectivity index (χ0n) is 6.64. The van der Waals surface area contributed by atoms with Crippen molar-refractivity contribution >= 4 is 29.2 Å². The van der Waals surface area contributed by atoms with Crippen LogP contribution in [-0.2, 0) is 9.53 Å². The molecule has 0 rings (SSSR count). The Hall–Kier alpha value is 0.0500. The van der Waals surface area contributed by atoms with Crippen LogP contribution in [0.1, 0.15) is 20.3 Å². The first-order chi connectivity index (χ1) is 5.07. The van der Waals surface area contributed by atoms with Crippen molar-refractivity contribution in [3.63, 3.8) is 0 Å². The monoisotopic (exact) mass is 198 g/mol. The van der Waals surface area contributed by atoms with Crippen molar-refractivity contribution in [2.45, 2.75) is 31.0 Å². The highest BCUT2D eigenvalue weighted by molar-refractivity contribution is 6.30. The Balaban J connectivity index is 3.57. The number of carbonyl (C=O) groups excluding carboxylic acids is 1. The van der Waals surface area contributed by atoms with E-state index in [4.69, 9.17) is 23.2 Å². The summed E-state index contributed by atoms with van der Waals surface area (Å²) in [4.78, 5) is 10.8. The molecule has 0 radical (unpaired) electrons. The molecular weight excluding hydrogens is 187 g/mol. The van der Waals surface area contributed by atoms with Crippen LogP contribution in [0.15, 0.2) is 0 Å². The number of alkyl halides is 2. The van der Waals surface area contributed by atoms with Crippen LogP contribution in [0.4, 0.5) is 0 Å². The number of rotatable bonds is 4. The molecule has 0 amide bonds. The Kier molecular flexibility index (Phi) is 5.69. The molecule has 0 fully saturated rings. The van der Waals surface area contributed by atoms with Gasteiger partial charge in [0.15, 0.2) is 0 Å². The van der Waals surface area contributed by atoms with Gasteiger partial charge in [-0.25, -0.2) is 0 Å². The smallest absolute Gasteiger partial charge is 0.307 e. The van der Waals surface area contributed by atoms with Crippen molar-refractivity contribution < 1.29 is 9.53 Å². The summed E-state index contributed by atoms with van der Waals surface area (Å²) in [5.41, 5.74) is 0. The molecule has 0 heterocycles. The third kappa shape index (κ3) is 5.33. The maximum Gasteiger partial charge on any atom is 0.307 e. The van der Waals surface area contributed by atoms with Crippen LogP contribution in [0.2, 0.25) is 0 Å². The zero-order chi connectivity index (χ0) is 8.85. The first kappa shape index (κ1) is 11.1. The minimum Gasteiger partial charge on any atom is -0.466 e. The molecule has 11 heavy (non-hydrogen) atoms. The number of hydrogen-bond acceptors (Lipinski definition) is 2. The van der Waals surface area contributed by atoms with Gasteiger partial charge in [-0.3, -0.25) is 4.79 Å². The molecular formula is C7H12Cl2O2. The lowest BCUT2D eigenvalue weighted by molar-refractivity contribution is -0.143. The third-order valence-corrected chi connectivity index (χ3v) is 2.13. The summed E-state index contributed by atoms with van der Waals surface area (Å²) in [6.07, 6.45) is 0.181. The van der Waals surface area contributed by atoms with Crippen molar-refractivity contribution in [1.82, 2.24) is 0 Å². The number of hydrogen-bond donors (Lipinski definition) is 0. The molecule has 0 spiro atoms. The summed E-state index contributed by atoms with van der Waals surface area (Å²) in [6, 6.07) is 0. The molecule has 2 unspecified atom stereocenters. The van der Waals surface area contributed by atoms with E-state index in [0.29, 0.717) is 6.61 Å². The second-order valence-electron chi connectivity index (χ2n) is 2.20. The lowest BCUT2D eigenvalue weighted by atomic mass is 10.2. The van der Waals surface area contributed by atoms with Gasteiger partial charge in [0.1, 0.15) is 0 Å². The highest BCUT2D eigenvalue weighted by Gasteiger charge is 2.16. The lowest BCUT2D eigenvalue weighted by Crippen LogP contribution is -2.17. The fraction of sp³-hybridized carbons (Fsp3) is 0.857. The topological polar surface area (TPSA) is 26.3 Å². The van der Waals surface area contributed by atoms with Gasteiger partial charge in [-0.1, -0.05) is 0 Å². The number of halogens is 2. The normalized spacial score (nSPS) is 15.6. The standard InChI is InChI=1S/C7H12Cl2O2/c1-3-11-7(10)4-6(9)5(2)8/h5-6H,3-4H2,1-2H3. The SMILES string of the molecule is CCOC(=O)CC(Cl)C(C)Cl. The largest absolute Gasteiger partial charge is 0.466 e. The van der Waals surface area contributed by atoms with Gasteiger partial charge in [-0.15, -0.1) is 23.2 Å². The van der Waals surface area contributed by atoms with E-state index in [9.17, 15) is 4.79 Å². The van der Waals surface area contributed by atoms with Crippen molar-refractivity contribution in [1.29, 1.82) is 0 Å². The van der Waals surface area contributed by atoms with Crippen LogP contribution in [0, 0.1) is 0 Å². The molecule has 2 nitrogen and oxygen atoms in total. The van der Waals surface area contributed by atoms with Gasteiger partial charge in [-0.05, 0) is 13.8 Å². The first-order valence-corrected chi connectivity index (χ1v) is 4.39. The molecule has 0 aliphatic carbocycles. The maximum atomic E-state index is 10.8. The molecule has 0 aliphatic rings. The highest BCUT2D eigenvalue weighted by Crippen LogP contribution is 2.13. The van der Waals surface area contributed by atoms with Crippen molar-refractivity contribution in [2.75, 3.05) is 6.61 Å². The maximum absolute atomic E-state index is 10.8. The van der Waals surface area contributed by atoms with Gasteiger partial charge in [0.2, 0.25) is 0 Å². The number of esters is 1. The zero-order valence-corrected chi connectivity index (χ0v) is 8.15. The first-order valence-electron chi connectivity index (χ1n) is 3.51. The van der Waals surface area contributed by atoms with E-state index >= 15 is 0 Å². The predicted octanol–water partition coefficient (Wildman–Crippen LogP) is 2.17. The molecule has 0 aromatic heterocycles. The van der Waals surface area contributed by atoms with Crippen LogP contribution >= 0.6 is 23.2 Å². The van der Waals surface area contributed by atoms with Gasteiger partial charge in [0.05, 0.1) is 18.4 Å². The van der Waals surface area contributed by atoms with E-state index in [2.05, 4.69) is 4.74 Å². The summed E-state index contributed by atoms with van der Waals surface area (Å²) >= 11 is 11.3. The van der Waals surface area contributed by atoms with Crippen molar-refractivity contribution in [2.24, 2.45) is 0 Å². The van der Waals surface area contributed by atoms with E-state index < -0.39 is 0 Å². The van der Waals surface area contributed by atoms with Gasteiger partial charge < -0.3 is 4.74 Å². The molecule has 66 valence electrons. The molecule has 0 aromatic rings. The molecule has 0 aliphatic heterocycles. The van der Waals surface area contributed by atoms with E-state index in [1.807, 2.05) is 0 Å². The summed E-state index contributed by atoms with van der Waals surface area (Å²) in [7, 11) is 0. The second-order valence-corrected chi connectivity index (χ2v) is 3.45. The molecule has 0 N–H and O–H groups in total. The number of carbonyl (C=O) groups is 1. The van der Waals surface area contributed by atoms with E-state index in [1.165, 1.54) is 0 Å². The molecule has 0 bridgehead atoms. The Bertz CT molecular complexity index is 126. The second kappa shape index (κ2) is 5.67. The molecule has 4 heteroatoms. The van der Waals surface area contributed by atoms with Gasteiger partial charge >= 0.3 is 5.97 Å². The van der Waals surface area contributed by atoms with Crippen molar-refractivity contribution in [3.8, 4) is 0 Å². The minimum absolute atomic E-state index is 0.181. The van der Waals surface area contributed by atoms with Crippen LogP contribution in [-0.4, -0.2) is 23.3 Å². The van der Waals surface area contributed by atoms with Gasteiger partial charge in [0.25, 0.3) is 0 Å². The molecule has 0 saturated heterocycles. The predicted molar refractivity (Wildman–Crippen MR) is 46.2 cm³/mol. The molecule has 2 atom stereocenters. The quantitative estimate of drug-likeness (QED) is 0.512. The van der Waals surface area contributed by atoms with Crippen LogP contribution < -0.4 is 0 Å². The summed E-state index contributed by atoms with van der Waals surface area (Å²) in [6.45, 7) is 3.89. The lowest BCUT2D eigenvalue weighted by Gasteiger charge is -2.09. The fourth-order valence-electron chi connectivity index (χ4n) is 0.542. The average Bonchev–Trinajstić information content (AvgIpc) is 1.87. The molecule has 0 aromatic carbocycles. The van der Waals surface area contributed by atoms with E-state index in [1.54, 1.807) is 13.8 Å². The van der Waals surface area contributed by atoms with Gasteiger partial charge in [0, 0.05) is 5.38 Å². The Morgan fingerprint density at radius 1 is 1.55 bits per heavy atom. The Labute approximate surface area is 76.8 Å². The minimum atomic E-state index is -0.337. The third-order valence-electron chi connectivity index (χ3n) is 1.17. The Morgan fingerprint density at radius 2 is 2.09 bits per heavy atom. The Morgan fingerprint density at radius 3 is 2.45 bits per heavy atom. The van der Waals surface area contributed by atoms with E-state index in [-0.39, 0.29) is 23.1 Å². The molecule has 0 saturated carbocycles. The van der Waals surface area contributed by atoms with Crippen molar-refractivity contribution in [3.05, 3.63) is 0 Å². The fourth-order valence-corrected chi connectivity index (χ4v) is 0.757. The average molecular weight is 199 g/mol. The summed E-state index contributed by atoms with van der Waals surface area (Å²) in [5.74, 6) is -0.292. The van der Waals surface area contributed by atoms with Crippen LogP contribution in [0.3, 0.4) is 0 Å². The van der Waals surface area contributed by atoms with E-state index in [0.717, 1.165) is 0 Å². The summed E-state index contributed by atoms with van der Waals surface area (Å²) < 4.78 is 4.68.